The molecule has 1 N–H and O–H groups in total. The Morgan fingerprint density at radius 2 is 1.69 bits per heavy atom. The predicted molar refractivity (Wildman–Crippen MR) is 107 cm³/mol. The van der Waals surface area contributed by atoms with E-state index >= 15 is 0 Å². The summed E-state index contributed by atoms with van der Waals surface area (Å²) in [6.45, 7) is 5.72. The van der Waals surface area contributed by atoms with Crippen LogP contribution in [0.2, 0.25) is 5.02 Å². The van der Waals surface area contributed by atoms with Crippen LogP contribution in [-0.4, -0.2) is 26.6 Å². The number of carbonyl (C=O) groups is 1. The van der Waals surface area contributed by atoms with Gasteiger partial charge in [-0.3, -0.25) is 9.10 Å². The van der Waals surface area contributed by atoms with E-state index in [2.05, 4.69) is 19.2 Å². The zero-order chi connectivity index (χ0) is 19.5. The fourth-order valence-corrected chi connectivity index (χ4v) is 3.97. The maximum absolute atomic E-state index is 12.6. The Morgan fingerprint density at radius 3 is 2.19 bits per heavy atom. The molecule has 0 unspecified atom stereocenters. The van der Waals surface area contributed by atoms with Crippen LogP contribution in [0.4, 0.5) is 11.4 Å². The lowest BCUT2D eigenvalue weighted by atomic mass is 10.0. The Morgan fingerprint density at radius 1 is 1.08 bits per heavy atom. The van der Waals surface area contributed by atoms with Crippen LogP contribution >= 0.6 is 11.6 Å². The second kappa shape index (κ2) is 8.10. The second-order valence-electron chi connectivity index (χ2n) is 6.48. The van der Waals surface area contributed by atoms with Crippen molar-refractivity contribution in [2.24, 2.45) is 0 Å². The number of benzene rings is 2. The summed E-state index contributed by atoms with van der Waals surface area (Å²) in [5, 5.41) is 3.16. The topological polar surface area (TPSA) is 66.5 Å². The third kappa shape index (κ3) is 4.99. The number of nitrogens with zero attached hydrogens (tertiary/aromatic N) is 1. The number of sulfonamides is 1. The Bertz CT molecular complexity index is 880. The molecule has 2 aromatic rings. The first-order valence-corrected chi connectivity index (χ1v) is 10.5. The average Bonchev–Trinajstić information content (AvgIpc) is 2.54. The Hall–Kier alpha value is -2.05. The van der Waals surface area contributed by atoms with Crippen LogP contribution in [-0.2, 0) is 14.8 Å². The predicted octanol–water partition coefficient (Wildman–Crippen LogP) is 4.26. The summed E-state index contributed by atoms with van der Waals surface area (Å²) in [5.41, 5.74) is 2.12. The van der Waals surface area contributed by atoms with Crippen LogP contribution in [0, 0.1) is 0 Å². The molecule has 0 aliphatic carbocycles. The van der Waals surface area contributed by atoms with Crippen molar-refractivity contribution in [1.29, 1.82) is 0 Å². The number of amides is 1. The molecule has 0 aliphatic rings. The highest BCUT2D eigenvalue weighted by Crippen LogP contribution is 2.25. The molecule has 5 nitrogen and oxygen atoms in total. The highest BCUT2D eigenvalue weighted by atomic mass is 35.5. The largest absolute Gasteiger partial charge is 0.324 e. The molecule has 0 spiro atoms. The molecular weight excluding hydrogens is 372 g/mol. The molecule has 0 aliphatic heterocycles. The van der Waals surface area contributed by atoms with Crippen LogP contribution in [0.3, 0.4) is 0 Å². The zero-order valence-corrected chi connectivity index (χ0v) is 16.8. The van der Waals surface area contributed by atoms with Gasteiger partial charge in [0.1, 0.15) is 6.04 Å². The lowest BCUT2D eigenvalue weighted by Gasteiger charge is -2.28. The Labute approximate surface area is 160 Å². The number of nitrogens with one attached hydrogen (secondary N) is 1. The molecule has 2 rings (SSSR count). The molecule has 0 bridgehead atoms. The van der Waals surface area contributed by atoms with Crippen molar-refractivity contribution in [3.8, 4) is 0 Å². The van der Waals surface area contributed by atoms with Gasteiger partial charge in [0.15, 0.2) is 0 Å². The van der Waals surface area contributed by atoms with E-state index in [0.29, 0.717) is 22.3 Å². The van der Waals surface area contributed by atoms with Gasteiger partial charge in [0.05, 0.1) is 11.9 Å². The van der Waals surface area contributed by atoms with Crippen LogP contribution in [0.25, 0.3) is 0 Å². The first-order valence-electron chi connectivity index (χ1n) is 8.25. The van der Waals surface area contributed by atoms with Gasteiger partial charge < -0.3 is 5.32 Å². The quantitative estimate of drug-likeness (QED) is 0.796. The van der Waals surface area contributed by atoms with E-state index in [1.54, 1.807) is 25.1 Å². The minimum Gasteiger partial charge on any atom is -0.324 e. The molecule has 1 atom stereocenters. The number of carbonyl (C=O) groups excluding carboxylic acids is 1. The van der Waals surface area contributed by atoms with E-state index < -0.39 is 22.0 Å². The van der Waals surface area contributed by atoms with Gasteiger partial charge in [0.25, 0.3) is 0 Å². The number of halogens is 1. The lowest BCUT2D eigenvalue weighted by Crippen LogP contribution is -2.45. The zero-order valence-electron chi connectivity index (χ0n) is 15.2. The van der Waals surface area contributed by atoms with E-state index in [-0.39, 0.29) is 0 Å². The van der Waals surface area contributed by atoms with Crippen molar-refractivity contribution < 1.29 is 13.2 Å². The molecule has 26 heavy (non-hydrogen) atoms. The van der Waals surface area contributed by atoms with Gasteiger partial charge in [-0.05, 0) is 48.7 Å². The standard InChI is InChI=1S/C19H23ClN2O3S/c1-13(2)15-8-10-17(11-9-15)21-19(23)14(3)22(26(4,24)25)18-7-5-6-16(20)12-18/h5-14H,1-4H3,(H,21,23)/t14-/m0/s1. The summed E-state index contributed by atoms with van der Waals surface area (Å²) in [6, 6.07) is 13.0. The third-order valence-electron chi connectivity index (χ3n) is 4.00. The highest BCUT2D eigenvalue weighted by molar-refractivity contribution is 7.92. The van der Waals surface area contributed by atoms with Crippen molar-refractivity contribution in [1.82, 2.24) is 0 Å². The summed E-state index contributed by atoms with van der Waals surface area (Å²) < 4.78 is 25.6. The number of anilines is 2. The number of hydrogen-bond acceptors (Lipinski definition) is 3. The average molecular weight is 395 g/mol. The van der Waals surface area contributed by atoms with Crippen LogP contribution in [0.15, 0.2) is 48.5 Å². The van der Waals surface area contributed by atoms with Crippen LogP contribution < -0.4 is 9.62 Å². The SMILES string of the molecule is CC(C)c1ccc(NC(=O)[C@H](C)N(c2cccc(Cl)c2)S(C)(=O)=O)cc1. The van der Waals surface area contributed by atoms with E-state index in [0.717, 1.165) is 16.1 Å². The third-order valence-corrected chi connectivity index (χ3v) is 5.47. The van der Waals surface area contributed by atoms with Crippen LogP contribution in [0.1, 0.15) is 32.3 Å². The summed E-state index contributed by atoms with van der Waals surface area (Å²) in [6.07, 6.45) is 1.06. The van der Waals surface area contributed by atoms with Gasteiger partial charge in [-0.1, -0.05) is 43.6 Å². The summed E-state index contributed by atoms with van der Waals surface area (Å²) >= 11 is 5.97. The normalized spacial score (nSPS) is 12.7. The molecule has 2 aromatic carbocycles. The molecular formula is C19H23ClN2O3S. The molecule has 140 valence electrons. The van der Waals surface area contributed by atoms with E-state index in [1.165, 1.54) is 6.07 Å². The minimum atomic E-state index is -3.68. The van der Waals surface area contributed by atoms with Gasteiger partial charge in [0.2, 0.25) is 15.9 Å². The Balaban J connectivity index is 2.25. The molecule has 0 fully saturated rings. The van der Waals surface area contributed by atoms with Gasteiger partial charge in [-0.2, -0.15) is 0 Å². The van der Waals surface area contributed by atoms with Crippen LogP contribution in [0.5, 0.6) is 0 Å². The van der Waals surface area contributed by atoms with Crippen molar-refractivity contribution in [2.75, 3.05) is 15.9 Å². The second-order valence-corrected chi connectivity index (χ2v) is 8.78. The van der Waals surface area contributed by atoms with Crippen molar-refractivity contribution in [2.45, 2.75) is 32.7 Å². The van der Waals surface area contributed by atoms with Gasteiger partial charge in [-0.25, -0.2) is 8.42 Å². The molecule has 0 saturated carbocycles. The highest BCUT2D eigenvalue weighted by Gasteiger charge is 2.29. The van der Waals surface area contributed by atoms with Crippen molar-refractivity contribution in [3.05, 3.63) is 59.1 Å². The summed E-state index contributed by atoms with van der Waals surface area (Å²) in [7, 11) is -3.68. The monoisotopic (exact) mass is 394 g/mol. The van der Waals surface area contributed by atoms with E-state index in [9.17, 15) is 13.2 Å². The fraction of sp³-hybridized carbons (Fsp3) is 0.316. The Kier molecular flexibility index (Phi) is 6.31. The van der Waals surface area contributed by atoms with Gasteiger partial charge in [-0.15, -0.1) is 0 Å². The van der Waals surface area contributed by atoms with Crippen molar-refractivity contribution in [3.63, 3.8) is 0 Å². The molecule has 0 saturated heterocycles. The molecule has 0 radical (unpaired) electrons. The van der Waals surface area contributed by atoms with E-state index in [1.807, 2.05) is 24.3 Å². The number of rotatable bonds is 6. The molecule has 7 heteroatoms. The first kappa shape index (κ1) is 20.3. The maximum atomic E-state index is 12.6. The maximum Gasteiger partial charge on any atom is 0.247 e. The van der Waals surface area contributed by atoms with Crippen molar-refractivity contribution >= 4 is 38.9 Å². The molecule has 0 heterocycles. The fourth-order valence-electron chi connectivity index (χ4n) is 2.62. The van der Waals surface area contributed by atoms with Gasteiger partial charge >= 0.3 is 0 Å². The lowest BCUT2D eigenvalue weighted by molar-refractivity contribution is -0.116. The summed E-state index contributed by atoms with van der Waals surface area (Å²) in [4.78, 5) is 12.6. The first-order chi connectivity index (χ1) is 12.1. The summed E-state index contributed by atoms with van der Waals surface area (Å²) in [5.74, 6) is -0.0325. The minimum absolute atomic E-state index is 0.345. The number of hydrogen-bond donors (Lipinski definition) is 1. The smallest absolute Gasteiger partial charge is 0.247 e. The van der Waals surface area contributed by atoms with Gasteiger partial charge in [0, 0.05) is 10.7 Å². The van der Waals surface area contributed by atoms with E-state index in [4.69, 9.17) is 11.6 Å². The molecule has 1 amide bonds. The molecule has 0 aromatic heterocycles.